The van der Waals surface area contributed by atoms with E-state index in [0.29, 0.717) is 13.0 Å². The van der Waals surface area contributed by atoms with Crippen molar-refractivity contribution >= 4 is 17.5 Å². The quantitative estimate of drug-likeness (QED) is 0.564. The number of likely N-dealkylation sites (tertiary alicyclic amines) is 1. The molecule has 146 valence electrons. The summed E-state index contributed by atoms with van der Waals surface area (Å²) in [5.41, 5.74) is 5.80. The lowest BCUT2D eigenvalue weighted by atomic mass is 10.0. The Morgan fingerprint density at radius 2 is 1.83 bits per heavy atom. The Bertz CT molecular complexity index is 1070. The lowest BCUT2D eigenvalue weighted by molar-refractivity contribution is -0.121. The lowest BCUT2D eigenvalue weighted by Crippen LogP contribution is -2.49. The van der Waals surface area contributed by atoms with Crippen LogP contribution >= 0.6 is 0 Å². The van der Waals surface area contributed by atoms with E-state index in [0.717, 1.165) is 24.9 Å². The summed E-state index contributed by atoms with van der Waals surface area (Å²) in [7, 11) is 0. The summed E-state index contributed by atoms with van der Waals surface area (Å²) in [6.45, 7) is 0.567. The maximum Gasteiger partial charge on any atom is 0.290 e. The van der Waals surface area contributed by atoms with Crippen LogP contribution in [0, 0.1) is 0 Å². The molecule has 1 aromatic heterocycles. The average Bonchev–Trinajstić information content (AvgIpc) is 3.41. The zero-order chi connectivity index (χ0) is 19.8. The van der Waals surface area contributed by atoms with Crippen molar-refractivity contribution in [1.29, 1.82) is 0 Å². The number of nitrogens with one attached hydrogen (secondary N) is 1. The molecule has 1 aliphatic carbocycles. The van der Waals surface area contributed by atoms with Crippen LogP contribution in [0.3, 0.4) is 0 Å². The van der Waals surface area contributed by atoms with E-state index in [1.165, 1.54) is 28.5 Å². The summed E-state index contributed by atoms with van der Waals surface area (Å²) < 4.78 is 5.25. The maximum atomic E-state index is 13.0. The maximum absolute atomic E-state index is 13.0. The van der Waals surface area contributed by atoms with Crippen LogP contribution in [0.1, 0.15) is 40.9 Å². The van der Waals surface area contributed by atoms with Gasteiger partial charge in [-0.1, -0.05) is 30.3 Å². The molecule has 2 aromatic carbocycles. The van der Waals surface area contributed by atoms with Crippen LogP contribution < -0.4 is 5.32 Å². The Hall–Kier alpha value is -3.34. The van der Waals surface area contributed by atoms with Gasteiger partial charge in [0.25, 0.3) is 5.91 Å². The van der Waals surface area contributed by atoms with Crippen molar-refractivity contribution < 1.29 is 14.0 Å². The van der Waals surface area contributed by atoms with Crippen molar-refractivity contribution in [2.75, 3.05) is 11.9 Å². The van der Waals surface area contributed by atoms with Crippen molar-refractivity contribution in [3.63, 3.8) is 0 Å². The molecule has 29 heavy (non-hydrogen) atoms. The molecule has 0 saturated carbocycles. The Balaban J connectivity index is 1.34. The summed E-state index contributed by atoms with van der Waals surface area (Å²) in [6.07, 6.45) is 4.85. The molecular formula is C24H22N2O3. The summed E-state index contributed by atoms with van der Waals surface area (Å²) in [4.78, 5) is 27.4. The van der Waals surface area contributed by atoms with Gasteiger partial charge < -0.3 is 14.6 Å². The number of carbonyl (C=O) groups is 2. The molecule has 5 nitrogen and oxygen atoms in total. The van der Waals surface area contributed by atoms with Gasteiger partial charge in [0, 0.05) is 12.2 Å². The zero-order valence-electron chi connectivity index (χ0n) is 16.1. The van der Waals surface area contributed by atoms with Crippen LogP contribution in [-0.2, 0) is 11.2 Å². The molecule has 2 aliphatic rings. The standard InChI is InChI=1S/C24H22N2O3/c27-23(21-8-3-4-12-26(21)24(28)22-9-5-13-29-22)25-18-10-11-20-17(15-18)14-16-6-1-2-7-19(16)20/h1-2,5-7,9-11,13,15,21H,3-4,8,12,14H2,(H,25,27). The van der Waals surface area contributed by atoms with Gasteiger partial charge in [-0.25, -0.2) is 0 Å². The molecule has 5 rings (SSSR count). The highest BCUT2D eigenvalue weighted by atomic mass is 16.3. The third-order valence-corrected chi connectivity index (χ3v) is 5.86. The van der Waals surface area contributed by atoms with Gasteiger partial charge in [-0.3, -0.25) is 9.59 Å². The third-order valence-electron chi connectivity index (χ3n) is 5.86. The first-order valence-electron chi connectivity index (χ1n) is 10.1. The van der Waals surface area contributed by atoms with Gasteiger partial charge in [0.15, 0.2) is 5.76 Å². The molecule has 1 unspecified atom stereocenters. The third kappa shape index (κ3) is 3.23. The molecule has 1 fully saturated rings. The number of piperidine rings is 1. The van der Waals surface area contributed by atoms with Crippen molar-refractivity contribution in [3.05, 3.63) is 77.7 Å². The normalized spacial score (nSPS) is 17.5. The van der Waals surface area contributed by atoms with Gasteiger partial charge >= 0.3 is 0 Å². The molecule has 0 spiro atoms. The van der Waals surface area contributed by atoms with Crippen LogP contribution in [-0.4, -0.2) is 29.3 Å². The van der Waals surface area contributed by atoms with Gasteiger partial charge in [-0.05, 0) is 72.2 Å². The van der Waals surface area contributed by atoms with Gasteiger partial charge in [-0.15, -0.1) is 0 Å². The van der Waals surface area contributed by atoms with Crippen LogP contribution in [0.4, 0.5) is 5.69 Å². The molecule has 1 saturated heterocycles. The Kier molecular flexibility index (Phi) is 4.43. The number of fused-ring (bicyclic) bond motifs is 3. The second-order valence-electron chi connectivity index (χ2n) is 7.68. The molecule has 1 N–H and O–H groups in total. The molecule has 0 bridgehead atoms. The highest BCUT2D eigenvalue weighted by Gasteiger charge is 2.33. The van der Waals surface area contributed by atoms with Crippen LogP contribution in [0.2, 0.25) is 0 Å². The van der Waals surface area contributed by atoms with Crippen molar-refractivity contribution in [2.24, 2.45) is 0 Å². The van der Waals surface area contributed by atoms with Crippen molar-refractivity contribution in [3.8, 4) is 11.1 Å². The van der Waals surface area contributed by atoms with Crippen LogP contribution in [0.5, 0.6) is 0 Å². The summed E-state index contributed by atoms with van der Waals surface area (Å²) in [5.74, 6) is -0.0840. The average molecular weight is 386 g/mol. The second kappa shape index (κ2) is 7.24. The monoisotopic (exact) mass is 386 g/mol. The SMILES string of the molecule is O=C(Nc1ccc2c(c1)Cc1ccccc1-2)C1CCCCN1C(=O)c1ccco1. The summed E-state index contributed by atoms with van der Waals surface area (Å²) >= 11 is 0. The number of anilines is 1. The fourth-order valence-electron chi connectivity index (χ4n) is 4.44. The number of hydrogen-bond donors (Lipinski definition) is 1. The minimum atomic E-state index is -0.480. The van der Waals surface area contributed by atoms with Gasteiger partial charge in [-0.2, -0.15) is 0 Å². The number of carbonyl (C=O) groups excluding carboxylic acids is 2. The first-order valence-corrected chi connectivity index (χ1v) is 10.1. The molecule has 3 aromatic rings. The fourth-order valence-corrected chi connectivity index (χ4v) is 4.44. The number of hydrogen-bond acceptors (Lipinski definition) is 3. The summed E-state index contributed by atoms with van der Waals surface area (Å²) in [5, 5.41) is 3.03. The van der Waals surface area contributed by atoms with E-state index in [9.17, 15) is 9.59 Å². The topological polar surface area (TPSA) is 62.6 Å². The van der Waals surface area contributed by atoms with E-state index >= 15 is 0 Å². The van der Waals surface area contributed by atoms with Gasteiger partial charge in [0.2, 0.25) is 5.91 Å². The summed E-state index contributed by atoms with van der Waals surface area (Å²) in [6, 6.07) is 17.3. The van der Waals surface area contributed by atoms with Gasteiger partial charge in [0.1, 0.15) is 6.04 Å². The first kappa shape index (κ1) is 17.7. The molecule has 0 radical (unpaired) electrons. The number of furan rings is 1. The number of benzene rings is 2. The van der Waals surface area contributed by atoms with Crippen LogP contribution in [0.25, 0.3) is 11.1 Å². The molecule has 2 amide bonds. The zero-order valence-corrected chi connectivity index (χ0v) is 16.1. The molecule has 1 aliphatic heterocycles. The minimum absolute atomic E-state index is 0.139. The van der Waals surface area contributed by atoms with Crippen molar-refractivity contribution in [1.82, 2.24) is 4.90 Å². The molecule has 2 heterocycles. The Morgan fingerprint density at radius 3 is 2.69 bits per heavy atom. The highest BCUT2D eigenvalue weighted by Crippen LogP contribution is 2.37. The van der Waals surface area contributed by atoms with E-state index in [-0.39, 0.29) is 17.6 Å². The molecule has 1 atom stereocenters. The van der Waals surface area contributed by atoms with E-state index in [2.05, 4.69) is 41.7 Å². The van der Waals surface area contributed by atoms with E-state index in [4.69, 9.17) is 4.42 Å². The van der Waals surface area contributed by atoms with E-state index < -0.39 is 6.04 Å². The number of amides is 2. The Morgan fingerprint density at radius 1 is 0.966 bits per heavy atom. The largest absolute Gasteiger partial charge is 0.459 e. The predicted molar refractivity (Wildman–Crippen MR) is 111 cm³/mol. The highest BCUT2D eigenvalue weighted by molar-refractivity contribution is 6.00. The van der Waals surface area contributed by atoms with Crippen LogP contribution in [0.15, 0.2) is 65.3 Å². The van der Waals surface area contributed by atoms with E-state index in [1.807, 2.05) is 6.07 Å². The van der Waals surface area contributed by atoms with Crippen molar-refractivity contribution in [2.45, 2.75) is 31.7 Å². The minimum Gasteiger partial charge on any atom is -0.459 e. The number of nitrogens with zero attached hydrogens (tertiary/aromatic N) is 1. The fraction of sp³-hybridized carbons (Fsp3) is 0.250. The first-order chi connectivity index (χ1) is 14.2. The predicted octanol–water partition coefficient (Wildman–Crippen LogP) is 4.48. The number of rotatable bonds is 3. The Labute approximate surface area is 169 Å². The lowest BCUT2D eigenvalue weighted by Gasteiger charge is -2.34. The smallest absolute Gasteiger partial charge is 0.290 e. The van der Waals surface area contributed by atoms with Gasteiger partial charge in [0.05, 0.1) is 6.26 Å². The van der Waals surface area contributed by atoms with E-state index in [1.54, 1.807) is 17.0 Å². The second-order valence-corrected chi connectivity index (χ2v) is 7.68. The molecular weight excluding hydrogens is 364 g/mol. The molecule has 5 heteroatoms.